The van der Waals surface area contributed by atoms with E-state index in [1.165, 1.54) is 12.0 Å². The molecule has 1 atom stereocenters. The van der Waals surface area contributed by atoms with Crippen LogP contribution in [-0.2, 0) is 32.6 Å². The van der Waals surface area contributed by atoms with Crippen molar-refractivity contribution in [3.8, 4) is 5.75 Å². The number of aryl methyl sites for hydroxylation is 1. The van der Waals surface area contributed by atoms with Gasteiger partial charge in [-0.25, -0.2) is 8.42 Å². The number of anilines is 1. The summed E-state index contributed by atoms with van der Waals surface area (Å²) in [6.07, 6.45) is 3.06. The van der Waals surface area contributed by atoms with Gasteiger partial charge in [0.2, 0.25) is 21.8 Å². The second-order valence-electron chi connectivity index (χ2n) is 9.74. The SMILES string of the molecule is CCCCNC(=O)[C@H](Cc1ccccc1)N(Cc1ccccc1C)C(=O)CN(c1ccccc1OC)S(C)(=O)=O. The summed E-state index contributed by atoms with van der Waals surface area (Å²) in [7, 11) is -2.43. The van der Waals surface area contributed by atoms with E-state index in [9.17, 15) is 18.0 Å². The van der Waals surface area contributed by atoms with E-state index >= 15 is 0 Å². The Labute approximate surface area is 238 Å². The van der Waals surface area contributed by atoms with Gasteiger partial charge in [0.15, 0.2) is 0 Å². The zero-order valence-electron chi connectivity index (χ0n) is 23.7. The van der Waals surface area contributed by atoms with Crippen molar-refractivity contribution < 1.29 is 22.7 Å². The lowest BCUT2D eigenvalue weighted by Crippen LogP contribution is -2.53. The van der Waals surface area contributed by atoms with Crippen LogP contribution in [0.1, 0.15) is 36.5 Å². The summed E-state index contributed by atoms with van der Waals surface area (Å²) in [4.78, 5) is 29.3. The molecule has 0 aromatic heterocycles. The van der Waals surface area contributed by atoms with E-state index in [4.69, 9.17) is 4.74 Å². The Morgan fingerprint density at radius 2 is 1.60 bits per heavy atom. The molecule has 3 aromatic carbocycles. The highest BCUT2D eigenvalue weighted by Crippen LogP contribution is 2.30. The number of ether oxygens (including phenoxy) is 1. The highest BCUT2D eigenvalue weighted by molar-refractivity contribution is 7.92. The molecule has 8 nitrogen and oxygen atoms in total. The summed E-state index contributed by atoms with van der Waals surface area (Å²) in [6.45, 7) is 4.14. The standard InChI is InChI=1S/C31H39N3O5S/c1-5-6-20-32-31(36)28(21-25-15-8-7-9-16-25)33(22-26-17-11-10-14-24(26)2)30(35)23-34(40(4,37)38)27-18-12-13-19-29(27)39-3/h7-19,28H,5-6,20-23H2,1-4H3,(H,32,36)/t28-/m0/s1. The molecule has 0 aliphatic rings. The van der Waals surface area contributed by atoms with Gasteiger partial charge in [-0.1, -0.05) is 80.1 Å². The van der Waals surface area contributed by atoms with Crippen LogP contribution in [0.5, 0.6) is 5.75 Å². The van der Waals surface area contributed by atoms with Crippen LogP contribution >= 0.6 is 0 Å². The summed E-state index contributed by atoms with van der Waals surface area (Å²) in [5.41, 5.74) is 2.99. The van der Waals surface area contributed by atoms with Crippen LogP contribution in [0.2, 0.25) is 0 Å². The maximum Gasteiger partial charge on any atom is 0.244 e. The number of carbonyl (C=O) groups excluding carboxylic acids is 2. The van der Waals surface area contributed by atoms with Gasteiger partial charge in [-0.15, -0.1) is 0 Å². The second kappa shape index (κ2) is 14.5. The van der Waals surface area contributed by atoms with Gasteiger partial charge in [0.25, 0.3) is 0 Å². The number of amides is 2. The smallest absolute Gasteiger partial charge is 0.244 e. The molecule has 0 radical (unpaired) electrons. The first-order valence-electron chi connectivity index (χ1n) is 13.4. The molecule has 40 heavy (non-hydrogen) atoms. The van der Waals surface area contributed by atoms with Gasteiger partial charge in [-0.3, -0.25) is 13.9 Å². The molecule has 0 saturated heterocycles. The van der Waals surface area contributed by atoms with Crippen molar-refractivity contribution in [2.75, 3.05) is 30.8 Å². The molecule has 0 bridgehead atoms. The maximum absolute atomic E-state index is 14.2. The third-order valence-corrected chi connectivity index (χ3v) is 7.86. The van der Waals surface area contributed by atoms with Gasteiger partial charge in [0.1, 0.15) is 18.3 Å². The molecule has 0 heterocycles. The first-order valence-corrected chi connectivity index (χ1v) is 15.3. The molecule has 0 saturated carbocycles. The summed E-state index contributed by atoms with van der Waals surface area (Å²) in [6, 6.07) is 23.0. The van der Waals surface area contributed by atoms with E-state index in [-0.39, 0.29) is 24.6 Å². The number of carbonyl (C=O) groups is 2. The Hall–Kier alpha value is -3.85. The summed E-state index contributed by atoms with van der Waals surface area (Å²) in [5, 5.41) is 2.99. The molecule has 0 spiro atoms. The fraction of sp³-hybridized carbons (Fsp3) is 0.355. The molecule has 9 heteroatoms. The molecular weight excluding hydrogens is 526 g/mol. The van der Waals surface area contributed by atoms with Crippen molar-refractivity contribution in [1.29, 1.82) is 0 Å². The van der Waals surface area contributed by atoms with Gasteiger partial charge in [-0.2, -0.15) is 0 Å². The summed E-state index contributed by atoms with van der Waals surface area (Å²) < 4.78 is 32.4. The van der Waals surface area contributed by atoms with Crippen LogP contribution in [-0.4, -0.2) is 57.6 Å². The number of hydrogen-bond donors (Lipinski definition) is 1. The molecule has 3 rings (SSSR count). The number of nitrogens with zero attached hydrogens (tertiary/aromatic N) is 2. The molecule has 214 valence electrons. The third-order valence-electron chi connectivity index (χ3n) is 6.74. The van der Waals surface area contributed by atoms with Crippen LogP contribution < -0.4 is 14.4 Å². The van der Waals surface area contributed by atoms with E-state index in [0.29, 0.717) is 12.3 Å². The Balaban J connectivity index is 2.06. The maximum atomic E-state index is 14.2. The largest absolute Gasteiger partial charge is 0.495 e. The van der Waals surface area contributed by atoms with Crippen LogP contribution in [0.15, 0.2) is 78.9 Å². The zero-order chi connectivity index (χ0) is 29.1. The van der Waals surface area contributed by atoms with E-state index in [1.807, 2.05) is 68.4 Å². The Bertz CT molecular complexity index is 1380. The minimum absolute atomic E-state index is 0.147. The lowest BCUT2D eigenvalue weighted by molar-refractivity contribution is -0.140. The molecule has 0 aliphatic heterocycles. The molecule has 0 aliphatic carbocycles. The van der Waals surface area contributed by atoms with Crippen LogP contribution in [0.3, 0.4) is 0 Å². The first kappa shape index (κ1) is 30.7. The average Bonchev–Trinajstić information content (AvgIpc) is 2.94. The Morgan fingerprint density at radius 1 is 0.950 bits per heavy atom. The highest BCUT2D eigenvalue weighted by Gasteiger charge is 2.33. The summed E-state index contributed by atoms with van der Waals surface area (Å²) >= 11 is 0. The Morgan fingerprint density at radius 3 is 2.25 bits per heavy atom. The predicted molar refractivity (Wildman–Crippen MR) is 159 cm³/mol. The molecule has 0 unspecified atom stereocenters. The number of nitrogens with one attached hydrogen (secondary N) is 1. The van der Waals surface area contributed by atoms with E-state index in [1.54, 1.807) is 24.3 Å². The van der Waals surface area contributed by atoms with Gasteiger partial charge in [0.05, 0.1) is 19.1 Å². The number of para-hydroxylation sites is 2. The highest BCUT2D eigenvalue weighted by atomic mass is 32.2. The van der Waals surface area contributed by atoms with E-state index in [2.05, 4.69) is 5.32 Å². The lowest BCUT2D eigenvalue weighted by atomic mass is 10.0. The third kappa shape index (κ3) is 8.32. The molecule has 3 aromatic rings. The molecule has 1 N–H and O–H groups in total. The minimum Gasteiger partial charge on any atom is -0.495 e. The van der Waals surface area contributed by atoms with Crippen molar-refractivity contribution >= 4 is 27.5 Å². The lowest BCUT2D eigenvalue weighted by Gasteiger charge is -2.34. The fourth-order valence-corrected chi connectivity index (χ4v) is 5.31. The minimum atomic E-state index is -3.88. The number of hydrogen-bond acceptors (Lipinski definition) is 5. The van der Waals surface area contributed by atoms with Crippen LogP contribution in [0, 0.1) is 6.92 Å². The van der Waals surface area contributed by atoms with Crippen molar-refractivity contribution in [2.45, 2.75) is 45.7 Å². The zero-order valence-corrected chi connectivity index (χ0v) is 24.5. The molecule has 0 fully saturated rings. The quantitative estimate of drug-likeness (QED) is 0.294. The predicted octanol–water partition coefficient (Wildman–Crippen LogP) is 4.33. The van der Waals surface area contributed by atoms with Gasteiger partial charge in [0, 0.05) is 19.5 Å². The van der Waals surface area contributed by atoms with Gasteiger partial charge < -0.3 is 15.0 Å². The van der Waals surface area contributed by atoms with E-state index in [0.717, 1.165) is 40.1 Å². The number of sulfonamides is 1. The van der Waals surface area contributed by atoms with Crippen LogP contribution in [0.4, 0.5) is 5.69 Å². The van der Waals surface area contributed by atoms with Gasteiger partial charge >= 0.3 is 0 Å². The van der Waals surface area contributed by atoms with Crippen molar-refractivity contribution in [3.63, 3.8) is 0 Å². The Kier molecular flexibility index (Phi) is 11.1. The fourth-order valence-electron chi connectivity index (χ4n) is 4.46. The van der Waals surface area contributed by atoms with Crippen LogP contribution in [0.25, 0.3) is 0 Å². The average molecular weight is 566 g/mol. The number of rotatable bonds is 14. The van der Waals surface area contributed by atoms with E-state index < -0.39 is 28.5 Å². The molecule has 2 amide bonds. The molecular formula is C31H39N3O5S. The second-order valence-corrected chi connectivity index (χ2v) is 11.6. The number of methoxy groups -OCH3 is 1. The normalized spacial score (nSPS) is 11.9. The monoisotopic (exact) mass is 565 g/mol. The van der Waals surface area contributed by atoms with Crippen molar-refractivity contribution in [3.05, 3.63) is 95.6 Å². The van der Waals surface area contributed by atoms with Crippen molar-refractivity contribution in [1.82, 2.24) is 10.2 Å². The van der Waals surface area contributed by atoms with Gasteiger partial charge in [-0.05, 0) is 42.2 Å². The topological polar surface area (TPSA) is 96.0 Å². The number of benzene rings is 3. The van der Waals surface area contributed by atoms with Crippen molar-refractivity contribution in [2.24, 2.45) is 0 Å². The number of unbranched alkanes of at least 4 members (excludes halogenated alkanes) is 1. The first-order chi connectivity index (χ1) is 19.2. The summed E-state index contributed by atoms with van der Waals surface area (Å²) in [5.74, 6) is -0.446.